The zero-order valence-corrected chi connectivity index (χ0v) is 16.0. The summed E-state index contributed by atoms with van der Waals surface area (Å²) < 4.78 is 18.9. The molecule has 0 aliphatic heterocycles. The smallest absolute Gasteiger partial charge is 0.266 e. The van der Waals surface area contributed by atoms with E-state index in [-0.39, 0.29) is 5.57 Å². The quantitative estimate of drug-likeness (QED) is 0.428. The van der Waals surface area contributed by atoms with Crippen molar-refractivity contribution in [2.45, 2.75) is 6.61 Å². The van der Waals surface area contributed by atoms with Gasteiger partial charge in [-0.15, -0.1) is 0 Å². The Labute approximate surface area is 172 Å². The predicted octanol–water partition coefficient (Wildman–Crippen LogP) is 5.60. The van der Waals surface area contributed by atoms with Crippen molar-refractivity contribution in [3.05, 3.63) is 100 Å². The summed E-state index contributed by atoms with van der Waals surface area (Å²) >= 11 is 6.08. The van der Waals surface area contributed by atoms with Gasteiger partial charge >= 0.3 is 0 Å². The van der Waals surface area contributed by atoms with Crippen LogP contribution in [0.5, 0.6) is 5.75 Å². The highest BCUT2D eigenvalue weighted by molar-refractivity contribution is 6.30. The molecule has 0 saturated carbocycles. The SMILES string of the molecule is N#C/C(=C\c1cc(Cl)ccc1OCc1ccccc1)C(=O)Nc1ccc(F)cc1. The van der Waals surface area contributed by atoms with Gasteiger partial charge in [-0.05, 0) is 54.1 Å². The van der Waals surface area contributed by atoms with Crippen molar-refractivity contribution in [1.82, 2.24) is 0 Å². The van der Waals surface area contributed by atoms with E-state index in [2.05, 4.69) is 5.32 Å². The normalized spacial score (nSPS) is 10.9. The van der Waals surface area contributed by atoms with E-state index in [1.807, 2.05) is 36.4 Å². The molecule has 3 rings (SSSR count). The molecule has 1 N–H and O–H groups in total. The fraction of sp³-hybridized carbons (Fsp3) is 0.0435. The van der Waals surface area contributed by atoms with Crippen LogP contribution in [0.2, 0.25) is 5.02 Å². The number of rotatable bonds is 6. The minimum Gasteiger partial charge on any atom is -0.488 e. The molecule has 0 saturated heterocycles. The molecule has 0 heterocycles. The number of ether oxygens (including phenoxy) is 1. The van der Waals surface area contributed by atoms with Crippen molar-refractivity contribution < 1.29 is 13.9 Å². The molecule has 0 bridgehead atoms. The van der Waals surface area contributed by atoms with Crippen LogP contribution < -0.4 is 10.1 Å². The Hall–Kier alpha value is -3.62. The van der Waals surface area contributed by atoms with Crippen molar-refractivity contribution in [2.24, 2.45) is 0 Å². The number of carbonyl (C=O) groups is 1. The van der Waals surface area contributed by atoms with E-state index in [4.69, 9.17) is 16.3 Å². The number of halogens is 2. The van der Waals surface area contributed by atoms with Gasteiger partial charge in [-0.2, -0.15) is 5.26 Å². The van der Waals surface area contributed by atoms with Crippen LogP contribution in [-0.4, -0.2) is 5.91 Å². The first kappa shape index (κ1) is 20.1. The lowest BCUT2D eigenvalue weighted by molar-refractivity contribution is -0.112. The Morgan fingerprint density at radius 2 is 1.83 bits per heavy atom. The maximum Gasteiger partial charge on any atom is 0.266 e. The predicted molar refractivity (Wildman–Crippen MR) is 111 cm³/mol. The zero-order chi connectivity index (χ0) is 20.6. The highest BCUT2D eigenvalue weighted by Crippen LogP contribution is 2.26. The zero-order valence-electron chi connectivity index (χ0n) is 15.2. The fourth-order valence-corrected chi connectivity index (χ4v) is 2.72. The average Bonchev–Trinajstić information content (AvgIpc) is 2.73. The first-order valence-corrected chi connectivity index (χ1v) is 9.08. The van der Waals surface area contributed by atoms with Crippen molar-refractivity contribution in [3.8, 4) is 11.8 Å². The van der Waals surface area contributed by atoms with Gasteiger partial charge in [0.2, 0.25) is 0 Å². The van der Waals surface area contributed by atoms with E-state index in [1.165, 1.54) is 30.3 Å². The van der Waals surface area contributed by atoms with E-state index >= 15 is 0 Å². The minimum atomic E-state index is -0.618. The van der Waals surface area contributed by atoms with Crippen LogP contribution in [0.25, 0.3) is 6.08 Å². The summed E-state index contributed by atoms with van der Waals surface area (Å²) in [6.07, 6.45) is 1.41. The molecule has 29 heavy (non-hydrogen) atoms. The summed E-state index contributed by atoms with van der Waals surface area (Å²) in [4.78, 5) is 12.4. The number of nitriles is 1. The largest absolute Gasteiger partial charge is 0.488 e. The molecule has 0 aliphatic carbocycles. The van der Waals surface area contributed by atoms with Gasteiger partial charge in [-0.3, -0.25) is 4.79 Å². The van der Waals surface area contributed by atoms with Gasteiger partial charge < -0.3 is 10.1 Å². The second-order valence-corrected chi connectivity index (χ2v) is 6.52. The highest BCUT2D eigenvalue weighted by Gasteiger charge is 2.12. The number of benzene rings is 3. The molecular weight excluding hydrogens is 391 g/mol. The molecule has 6 heteroatoms. The Kier molecular flexibility index (Phi) is 6.62. The highest BCUT2D eigenvalue weighted by atomic mass is 35.5. The molecule has 3 aromatic rings. The van der Waals surface area contributed by atoms with Crippen LogP contribution in [0.15, 0.2) is 78.4 Å². The third kappa shape index (κ3) is 5.68. The molecule has 144 valence electrons. The summed E-state index contributed by atoms with van der Waals surface area (Å²) in [7, 11) is 0. The van der Waals surface area contributed by atoms with Crippen LogP contribution in [0, 0.1) is 17.1 Å². The summed E-state index contributed by atoms with van der Waals surface area (Å²) in [5, 5.41) is 12.4. The van der Waals surface area contributed by atoms with Crippen LogP contribution in [-0.2, 0) is 11.4 Å². The maximum absolute atomic E-state index is 13.0. The van der Waals surface area contributed by atoms with Crippen molar-refractivity contribution >= 4 is 29.3 Å². The molecule has 1 amide bonds. The molecule has 0 aliphatic rings. The lowest BCUT2D eigenvalue weighted by Gasteiger charge is -2.11. The standard InChI is InChI=1S/C23H16ClFN2O2/c24-19-6-11-22(29-15-16-4-2-1-3-5-16)17(13-19)12-18(14-26)23(28)27-21-9-7-20(25)8-10-21/h1-13H,15H2,(H,27,28)/b18-12+. The second-order valence-electron chi connectivity index (χ2n) is 6.09. The van der Waals surface area contributed by atoms with Crippen LogP contribution in [0.4, 0.5) is 10.1 Å². The topological polar surface area (TPSA) is 62.1 Å². The van der Waals surface area contributed by atoms with Crippen LogP contribution >= 0.6 is 11.6 Å². The summed E-state index contributed by atoms with van der Waals surface area (Å²) in [6.45, 7) is 0.326. The van der Waals surface area contributed by atoms with Crippen LogP contribution in [0.1, 0.15) is 11.1 Å². The van der Waals surface area contributed by atoms with Crippen LogP contribution in [0.3, 0.4) is 0 Å². The minimum absolute atomic E-state index is 0.138. The van der Waals surface area contributed by atoms with Crippen molar-refractivity contribution in [3.63, 3.8) is 0 Å². The molecule has 0 unspecified atom stereocenters. The number of amides is 1. The summed E-state index contributed by atoms with van der Waals surface area (Å²) in [5.74, 6) is -0.549. The van der Waals surface area contributed by atoms with Gasteiger partial charge in [-0.1, -0.05) is 41.9 Å². The van der Waals surface area contributed by atoms with Gasteiger partial charge in [-0.25, -0.2) is 4.39 Å². The number of hydrogen-bond acceptors (Lipinski definition) is 3. The lowest BCUT2D eigenvalue weighted by Crippen LogP contribution is -2.13. The number of nitrogens with zero attached hydrogens (tertiary/aromatic N) is 1. The first-order chi connectivity index (χ1) is 14.0. The monoisotopic (exact) mass is 406 g/mol. The Bertz CT molecular complexity index is 1070. The second kappa shape index (κ2) is 9.54. The molecule has 0 radical (unpaired) electrons. The number of hydrogen-bond donors (Lipinski definition) is 1. The molecule has 0 spiro atoms. The molecule has 3 aromatic carbocycles. The average molecular weight is 407 g/mol. The first-order valence-electron chi connectivity index (χ1n) is 8.70. The van der Waals surface area contributed by atoms with Gasteiger partial charge in [0.15, 0.2) is 0 Å². The van der Waals surface area contributed by atoms with E-state index in [9.17, 15) is 14.4 Å². The van der Waals surface area contributed by atoms with E-state index in [0.29, 0.717) is 28.6 Å². The van der Waals surface area contributed by atoms with E-state index < -0.39 is 11.7 Å². The number of nitrogens with one attached hydrogen (secondary N) is 1. The lowest BCUT2D eigenvalue weighted by atomic mass is 10.1. The summed E-state index contributed by atoms with van der Waals surface area (Å²) in [5.41, 5.74) is 1.72. The fourth-order valence-electron chi connectivity index (χ4n) is 2.53. The summed E-state index contributed by atoms with van der Waals surface area (Å²) in [6, 6.07) is 21.7. The number of carbonyl (C=O) groups excluding carboxylic acids is 1. The molecule has 4 nitrogen and oxygen atoms in total. The maximum atomic E-state index is 13.0. The van der Waals surface area contributed by atoms with E-state index in [1.54, 1.807) is 18.2 Å². The Morgan fingerprint density at radius 3 is 2.52 bits per heavy atom. The molecule has 0 fully saturated rings. The van der Waals surface area contributed by atoms with Gasteiger partial charge in [0.25, 0.3) is 5.91 Å². The molecule has 0 atom stereocenters. The van der Waals surface area contributed by atoms with Gasteiger partial charge in [0, 0.05) is 16.3 Å². The Morgan fingerprint density at radius 1 is 1.10 bits per heavy atom. The third-order valence-electron chi connectivity index (χ3n) is 3.98. The molecular formula is C23H16ClFN2O2. The van der Waals surface area contributed by atoms with Gasteiger partial charge in [0.05, 0.1) is 0 Å². The van der Waals surface area contributed by atoms with Gasteiger partial charge in [0.1, 0.15) is 29.8 Å². The van der Waals surface area contributed by atoms with Crippen molar-refractivity contribution in [1.29, 1.82) is 5.26 Å². The van der Waals surface area contributed by atoms with Crippen molar-refractivity contribution in [2.75, 3.05) is 5.32 Å². The Balaban J connectivity index is 1.82. The van der Waals surface area contributed by atoms with E-state index in [0.717, 1.165) is 5.56 Å². The number of anilines is 1. The molecule has 0 aromatic heterocycles. The third-order valence-corrected chi connectivity index (χ3v) is 4.21.